The van der Waals surface area contributed by atoms with Crippen LogP contribution < -0.4 is 27.0 Å². The maximum atomic E-state index is 6.51. The molecule has 1 N–H and O–H groups in total. The highest BCUT2D eigenvalue weighted by Gasteiger charge is 2.24. The van der Waals surface area contributed by atoms with Gasteiger partial charge in [0, 0.05) is 23.6 Å². The van der Waals surface area contributed by atoms with Crippen molar-refractivity contribution in [2.75, 3.05) is 25.0 Å². The Balaban J connectivity index is 0.00000324. The highest BCUT2D eigenvalue weighted by Crippen LogP contribution is 2.31. The Morgan fingerprint density at radius 2 is 1.82 bits per heavy atom. The molecule has 3 aromatic heterocycles. The number of aromatic nitrogens is 4. The van der Waals surface area contributed by atoms with Gasteiger partial charge in [-0.2, -0.15) is 5.10 Å². The molecular formula is C25H30BrClN6O. The van der Waals surface area contributed by atoms with E-state index in [4.69, 9.17) is 16.3 Å². The topological polar surface area (TPSA) is 64.3 Å². The Bertz CT molecular complexity index is 1200. The summed E-state index contributed by atoms with van der Waals surface area (Å²) in [5.41, 5.74) is 3.90. The molecule has 1 aromatic carbocycles. The third kappa shape index (κ3) is 5.68. The fourth-order valence-electron chi connectivity index (χ4n) is 4.07. The fourth-order valence-corrected chi connectivity index (χ4v) is 4.31. The maximum Gasteiger partial charge on any atom is 0.158 e. The van der Waals surface area contributed by atoms with E-state index in [0.717, 1.165) is 53.4 Å². The van der Waals surface area contributed by atoms with Gasteiger partial charge in [0.1, 0.15) is 30.7 Å². The van der Waals surface area contributed by atoms with E-state index in [1.54, 1.807) is 12.5 Å². The fraction of sp³-hybridized carbons (Fsp3) is 0.320. The monoisotopic (exact) mass is 544 g/mol. The number of quaternary nitrogens is 1. The van der Waals surface area contributed by atoms with Crippen molar-refractivity contribution in [3.8, 4) is 5.75 Å². The van der Waals surface area contributed by atoms with E-state index in [0.29, 0.717) is 17.4 Å². The first-order valence-corrected chi connectivity index (χ1v) is 11.7. The van der Waals surface area contributed by atoms with Gasteiger partial charge in [0.2, 0.25) is 0 Å². The molecule has 0 spiro atoms. The van der Waals surface area contributed by atoms with Crippen LogP contribution >= 0.6 is 11.6 Å². The number of hydrogen-bond acceptors (Lipinski definition) is 5. The van der Waals surface area contributed by atoms with Crippen LogP contribution in [0.1, 0.15) is 32.0 Å². The summed E-state index contributed by atoms with van der Waals surface area (Å²) in [5, 5.41) is 8.35. The molecule has 0 aliphatic rings. The number of fused-ring (bicyclic) bond motifs is 1. The minimum atomic E-state index is 0. The molecular weight excluding hydrogens is 516 g/mol. The average molecular weight is 546 g/mol. The second-order valence-corrected chi connectivity index (χ2v) is 8.48. The number of anilines is 2. The molecule has 180 valence electrons. The largest absolute Gasteiger partial charge is 1.00 e. The number of hydrogen-bond donors (Lipinski definition) is 1. The van der Waals surface area contributed by atoms with Crippen molar-refractivity contribution in [1.82, 2.24) is 19.6 Å². The lowest BCUT2D eigenvalue weighted by Gasteiger charge is -2.35. The predicted octanol–water partition coefficient (Wildman–Crippen LogP) is 2.48. The van der Waals surface area contributed by atoms with Gasteiger partial charge in [-0.1, -0.05) is 17.7 Å². The van der Waals surface area contributed by atoms with Gasteiger partial charge in [-0.15, -0.1) is 0 Å². The highest BCUT2D eigenvalue weighted by atomic mass is 79.9. The Morgan fingerprint density at radius 1 is 1.03 bits per heavy atom. The molecule has 0 amide bonds. The van der Waals surface area contributed by atoms with Crippen LogP contribution in [0.25, 0.3) is 5.52 Å². The van der Waals surface area contributed by atoms with Crippen LogP contribution in [0.15, 0.2) is 61.2 Å². The number of benzene rings is 1. The summed E-state index contributed by atoms with van der Waals surface area (Å²) in [7, 11) is 0. The third-order valence-corrected chi connectivity index (χ3v) is 6.65. The van der Waals surface area contributed by atoms with Crippen molar-refractivity contribution in [3.05, 3.63) is 77.5 Å². The number of halogens is 2. The Labute approximate surface area is 216 Å². The first-order valence-electron chi connectivity index (χ1n) is 11.3. The molecule has 0 aliphatic heterocycles. The second-order valence-electron chi connectivity index (χ2n) is 8.07. The standard InChI is InChI=1S/C25H30ClN6O.BrH/c1-4-32(5-2,6-3)16-19-12-14-31-24(19)25(28-18-29-31)30-20-10-11-23(22(26)15-20)33-17-21-9-7-8-13-27-21;/h7-15,18H,4-6,16-17H2,1-3H3,(H,28,29,30);1H/q+1;/p-1. The zero-order valence-corrected chi connectivity index (χ0v) is 22.1. The zero-order valence-electron chi connectivity index (χ0n) is 19.7. The zero-order chi connectivity index (χ0) is 23.3. The first-order chi connectivity index (χ1) is 16.1. The summed E-state index contributed by atoms with van der Waals surface area (Å²) in [5.74, 6) is 1.37. The third-order valence-electron chi connectivity index (χ3n) is 6.35. The highest BCUT2D eigenvalue weighted by molar-refractivity contribution is 6.32. The van der Waals surface area contributed by atoms with Crippen molar-refractivity contribution in [2.24, 2.45) is 0 Å². The Hall–Kier alpha value is -2.68. The molecule has 0 saturated carbocycles. The van der Waals surface area contributed by atoms with Crippen molar-refractivity contribution in [2.45, 2.75) is 33.9 Å². The van der Waals surface area contributed by atoms with E-state index in [2.05, 4.69) is 47.2 Å². The van der Waals surface area contributed by atoms with Crippen molar-refractivity contribution in [3.63, 3.8) is 0 Å². The quantitative estimate of drug-likeness (QED) is 0.310. The molecule has 0 saturated heterocycles. The molecule has 3 heterocycles. The molecule has 34 heavy (non-hydrogen) atoms. The number of ether oxygens (including phenoxy) is 1. The van der Waals surface area contributed by atoms with Gasteiger partial charge in [0.25, 0.3) is 0 Å². The van der Waals surface area contributed by atoms with Gasteiger partial charge in [-0.05, 0) is 57.2 Å². The number of nitrogens with one attached hydrogen (secondary N) is 1. The van der Waals surface area contributed by atoms with Crippen molar-refractivity contribution in [1.29, 1.82) is 0 Å². The van der Waals surface area contributed by atoms with Crippen LogP contribution in [-0.4, -0.2) is 43.7 Å². The van der Waals surface area contributed by atoms with E-state index >= 15 is 0 Å². The lowest BCUT2D eigenvalue weighted by atomic mass is 10.2. The smallest absolute Gasteiger partial charge is 0.158 e. The van der Waals surface area contributed by atoms with Gasteiger partial charge in [-0.3, -0.25) is 4.98 Å². The Morgan fingerprint density at radius 3 is 2.50 bits per heavy atom. The molecule has 0 fully saturated rings. The van der Waals surface area contributed by atoms with Gasteiger partial charge < -0.3 is 31.5 Å². The summed E-state index contributed by atoms with van der Waals surface area (Å²) in [6.45, 7) is 11.3. The van der Waals surface area contributed by atoms with E-state index in [-0.39, 0.29) is 17.0 Å². The van der Waals surface area contributed by atoms with Crippen molar-refractivity contribution < 1.29 is 26.2 Å². The molecule has 0 radical (unpaired) electrons. The van der Waals surface area contributed by atoms with Gasteiger partial charge in [0.05, 0.1) is 30.4 Å². The normalized spacial score (nSPS) is 11.3. The van der Waals surface area contributed by atoms with Crippen LogP contribution in [0.4, 0.5) is 11.5 Å². The van der Waals surface area contributed by atoms with Crippen LogP contribution in [0.2, 0.25) is 5.02 Å². The molecule has 7 nitrogen and oxygen atoms in total. The summed E-state index contributed by atoms with van der Waals surface area (Å²) in [4.78, 5) is 8.81. The summed E-state index contributed by atoms with van der Waals surface area (Å²) >= 11 is 6.51. The molecule has 4 aromatic rings. The van der Waals surface area contributed by atoms with Crippen LogP contribution in [0, 0.1) is 0 Å². The van der Waals surface area contributed by atoms with Crippen LogP contribution in [-0.2, 0) is 13.2 Å². The first kappa shape index (κ1) is 25.9. The van der Waals surface area contributed by atoms with E-state index in [1.807, 2.05) is 47.1 Å². The molecule has 4 rings (SSSR count). The lowest BCUT2D eigenvalue weighted by Crippen LogP contribution is -3.00. The number of nitrogens with zero attached hydrogens (tertiary/aromatic N) is 5. The molecule has 9 heteroatoms. The second kappa shape index (κ2) is 11.6. The molecule has 0 atom stereocenters. The summed E-state index contributed by atoms with van der Waals surface area (Å²) in [6.07, 6.45) is 5.30. The van der Waals surface area contributed by atoms with Crippen molar-refractivity contribution >= 4 is 28.6 Å². The minimum Gasteiger partial charge on any atom is -1.00 e. The van der Waals surface area contributed by atoms with E-state index in [9.17, 15) is 0 Å². The SMILES string of the molecule is CC[N+](CC)(CC)Cc1ccn2ncnc(Nc3ccc(OCc4ccccn4)c(Cl)c3)c12.[Br-]. The van der Waals surface area contributed by atoms with Crippen LogP contribution in [0.5, 0.6) is 5.75 Å². The maximum absolute atomic E-state index is 6.51. The van der Waals surface area contributed by atoms with Gasteiger partial charge >= 0.3 is 0 Å². The summed E-state index contributed by atoms with van der Waals surface area (Å²) in [6, 6.07) is 13.5. The number of pyridine rings is 1. The molecule has 0 aliphatic carbocycles. The van der Waals surface area contributed by atoms with E-state index in [1.165, 1.54) is 5.56 Å². The molecule has 0 bridgehead atoms. The lowest BCUT2D eigenvalue weighted by molar-refractivity contribution is -0.936. The van der Waals surface area contributed by atoms with E-state index < -0.39 is 0 Å². The van der Waals surface area contributed by atoms with Gasteiger partial charge in [-0.25, -0.2) is 9.50 Å². The minimum absolute atomic E-state index is 0. The average Bonchev–Trinajstić information content (AvgIpc) is 3.26. The Kier molecular flexibility index (Phi) is 8.88. The predicted molar refractivity (Wildman–Crippen MR) is 132 cm³/mol. The number of rotatable bonds is 10. The van der Waals surface area contributed by atoms with Crippen LogP contribution in [0.3, 0.4) is 0 Å². The molecule has 0 unspecified atom stereocenters. The summed E-state index contributed by atoms with van der Waals surface area (Å²) < 4.78 is 8.74. The van der Waals surface area contributed by atoms with Gasteiger partial charge in [0.15, 0.2) is 5.82 Å².